The first-order chi connectivity index (χ1) is 25.3. The van der Waals surface area contributed by atoms with E-state index in [2.05, 4.69) is 185 Å². The van der Waals surface area contributed by atoms with Gasteiger partial charge in [-0.3, -0.25) is 0 Å². The molecule has 2 nitrogen and oxygen atoms in total. The van der Waals surface area contributed by atoms with Gasteiger partial charge in [-0.15, -0.1) is 0 Å². The fourth-order valence-corrected chi connectivity index (χ4v) is 6.25. The maximum atomic E-state index is 5.80. The van der Waals surface area contributed by atoms with Crippen molar-refractivity contribution in [2.45, 2.75) is 27.7 Å². The highest BCUT2D eigenvalue weighted by atomic mass is 16.5. The van der Waals surface area contributed by atoms with Gasteiger partial charge in [0.1, 0.15) is 11.5 Å². The highest BCUT2D eigenvalue weighted by molar-refractivity contribution is 5.92. The molecular formula is C50H46O2. The zero-order valence-corrected chi connectivity index (χ0v) is 31.0. The van der Waals surface area contributed by atoms with Crippen LogP contribution in [0.4, 0.5) is 0 Å². The summed E-state index contributed by atoms with van der Waals surface area (Å²) in [5, 5.41) is 0. The average Bonchev–Trinajstić information content (AvgIpc) is 3.18. The molecule has 0 aliphatic heterocycles. The number of hydrogen-bond donors (Lipinski definition) is 0. The summed E-state index contributed by atoms with van der Waals surface area (Å²) >= 11 is 0. The number of aryl methyl sites for hydroxylation is 3. The lowest BCUT2D eigenvalue weighted by Crippen LogP contribution is -1.93. The second kappa shape index (κ2) is 16.7. The van der Waals surface area contributed by atoms with Gasteiger partial charge in [0, 0.05) is 11.1 Å². The molecule has 6 aromatic carbocycles. The molecule has 0 amide bonds. The van der Waals surface area contributed by atoms with Gasteiger partial charge in [-0.1, -0.05) is 168 Å². The lowest BCUT2D eigenvalue weighted by molar-refractivity contribution is 0.401. The molecule has 6 aromatic rings. The van der Waals surface area contributed by atoms with Crippen molar-refractivity contribution in [2.75, 3.05) is 14.2 Å². The Kier molecular flexibility index (Phi) is 11.5. The first kappa shape index (κ1) is 35.7. The topological polar surface area (TPSA) is 18.5 Å². The first-order valence-corrected chi connectivity index (χ1v) is 17.8. The number of ether oxygens (including phenoxy) is 2. The Morgan fingerprint density at radius 3 is 1.12 bits per heavy atom. The highest BCUT2D eigenvalue weighted by Gasteiger charge is 2.10. The van der Waals surface area contributed by atoms with Crippen molar-refractivity contribution in [1.82, 2.24) is 0 Å². The van der Waals surface area contributed by atoms with E-state index >= 15 is 0 Å². The van der Waals surface area contributed by atoms with E-state index in [9.17, 15) is 0 Å². The molecule has 0 aliphatic rings. The summed E-state index contributed by atoms with van der Waals surface area (Å²) in [4.78, 5) is 0. The molecule has 0 aliphatic carbocycles. The third kappa shape index (κ3) is 8.78. The zero-order chi connectivity index (χ0) is 36.5. The summed E-state index contributed by atoms with van der Waals surface area (Å²) in [7, 11) is 3.41. The maximum absolute atomic E-state index is 5.80. The first-order valence-electron chi connectivity index (χ1n) is 17.8. The largest absolute Gasteiger partial charge is 0.496 e. The normalized spacial score (nSPS) is 12.1. The minimum absolute atomic E-state index is 0.786. The van der Waals surface area contributed by atoms with Crippen molar-refractivity contribution in [2.24, 2.45) is 0 Å². The molecule has 0 radical (unpaired) electrons. The number of benzene rings is 6. The summed E-state index contributed by atoms with van der Waals surface area (Å²) in [6.45, 7) is 8.45. The van der Waals surface area contributed by atoms with Crippen LogP contribution in [-0.4, -0.2) is 14.2 Å². The molecule has 258 valence electrons. The molecule has 52 heavy (non-hydrogen) atoms. The Morgan fingerprint density at radius 2 is 0.731 bits per heavy atom. The zero-order valence-electron chi connectivity index (χ0n) is 31.0. The van der Waals surface area contributed by atoms with E-state index < -0.39 is 0 Å². The van der Waals surface area contributed by atoms with E-state index in [1.54, 1.807) is 14.2 Å². The van der Waals surface area contributed by atoms with Crippen LogP contribution in [0.5, 0.6) is 11.5 Å². The summed E-state index contributed by atoms with van der Waals surface area (Å²) in [5.41, 5.74) is 16.2. The minimum atomic E-state index is 0.786. The molecule has 0 unspecified atom stereocenters. The highest BCUT2D eigenvalue weighted by Crippen LogP contribution is 2.33. The van der Waals surface area contributed by atoms with Crippen molar-refractivity contribution >= 4 is 41.5 Å². The predicted molar refractivity (Wildman–Crippen MR) is 224 cm³/mol. The number of hydrogen-bond acceptors (Lipinski definition) is 2. The number of methoxy groups -OCH3 is 2. The van der Waals surface area contributed by atoms with Crippen LogP contribution in [-0.2, 0) is 0 Å². The SMILES string of the molecule is C/C=C(/c1ccc(C)cc1)c1ccc(/C(=C/c2ccc(/C=C/c3cc(OC)c(/C=C/c4ccc(C)cc4)cc3OC)cc2)c2ccc(C)cc2)cc1. The van der Waals surface area contributed by atoms with E-state index in [4.69, 9.17) is 9.47 Å². The Bertz CT molecular complexity index is 2230. The van der Waals surface area contributed by atoms with Gasteiger partial charge in [0.25, 0.3) is 0 Å². The molecule has 0 N–H and O–H groups in total. The van der Waals surface area contributed by atoms with Crippen molar-refractivity contribution in [1.29, 1.82) is 0 Å². The van der Waals surface area contributed by atoms with Gasteiger partial charge in [0.15, 0.2) is 0 Å². The van der Waals surface area contributed by atoms with E-state index in [0.29, 0.717) is 0 Å². The Balaban J connectivity index is 1.25. The molecule has 0 saturated heterocycles. The van der Waals surface area contributed by atoms with Crippen LogP contribution in [0, 0.1) is 20.8 Å². The van der Waals surface area contributed by atoms with Gasteiger partial charge >= 0.3 is 0 Å². The lowest BCUT2D eigenvalue weighted by atomic mass is 9.91. The van der Waals surface area contributed by atoms with E-state index in [-0.39, 0.29) is 0 Å². The van der Waals surface area contributed by atoms with Crippen molar-refractivity contribution in [3.05, 3.63) is 206 Å². The predicted octanol–water partition coefficient (Wildman–Crippen LogP) is 13.0. The molecule has 0 aromatic heterocycles. The third-order valence-electron chi connectivity index (χ3n) is 9.34. The summed E-state index contributed by atoms with van der Waals surface area (Å²) < 4.78 is 11.6. The molecule has 0 saturated carbocycles. The number of allylic oxidation sites excluding steroid dienone is 1. The van der Waals surface area contributed by atoms with Gasteiger partial charge in [0.2, 0.25) is 0 Å². The Morgan fingerprint density at radius 1 is 0.404 bits per heavy atom. The van der Waals surface area contributed by atoms with E-state index in [1.165, 1.54) is 50.1 Å². The molecule has 0 spiro atoms. The summed E-state index contributed by atoms with van der Waals surface area (Å²) in [6.07, 6.45) is 12.8. The second-order valence-corrected chi connectivity index (χ2v) is 13.1. The van der Waals surface area contributed by atoms with Gasteiger partial charge in [-0.05, 0) is 96.0 Å². The monoisotopic (exact) mass is 678 g/mol. The van der Waals surface area contributed by atoms with E-state index in [0.717, 1.165) is 39.3 Å². The van der Waals surface area contributed by atoms with Crippen molar-refractivity contribution in [3.63, 3.8) is 0 Å². The summed E-state index contributed by atoms with van der Waals surface area (Å²) in [5.74, 6) is 1.58. The minimum Gasteiger partial charge on any atom is -0.496 e. The fourth-order valence-electron chi connectivity index (χ4n) is 6.25. The standard InChI is InChI=1S/C50H46O2/c1-7-47(41-22-10-36(3)11-23-41)42-28-30-44(31-29-42)48(43-24-12-37(4)13-25-43)32-40-18-16-39(17-19-40)21-27-46-34-49(51-5)45(33-50(46)52-6)26-20-38-14-8-35(2)9-15-38/h7-34H,1-6H3/b26-20+,27-21+,47-7-,48-32+. The molecule has 0 atom stereocenters. The molecule has 0 fully saturated rings. The summed E-state index contributed by atoms with van der Waals surface area (Å²) in [6, 6.07) is 47.6. The van der Waals surface area contributed by atoms with Gasteiger partial charge < -0.3 is 9.47 Å². The average molecular weight is 679 g/mol. The molecule has 6 rings (SSSR count). The Hall–Kier alpha value is -6.12. The quantitative estimate of drug-likeness (QED) is 0.127. The molecule has 2 heteroatoms. The van der Waals surface area contributed by atoms with Gasteiger partial charge in [-0.2, -0.15) is 0 Å². The van der Waals surface area contributed by atoms with E-state index in [1.807, 2.05) is 12.1 Å². The second-order valence-electron chi connectivity index (χ2n) is 13.1. The van der Waals surface area contributed by atoms with Crippen LogP contribution in [0.15, 0.2) is 140 Å². The van der Waals surface area contributed by atoms with Crippen LogP contribution >= 0.6 is 0 Å². The third-order valence-corrected chi connectivity index (χ3v) is 9.34. The molecule has 0 heterocycles. The maximum Gasteiger partial charge on any atom is 0.126 e. The molecular weight excluding hydrogens is 633 g/mol. The van der Waals surface area contributed by atoms with Crippen LogP contribution < -0.4 is 9.47 Å². The van der Waals surface area contributed by atoms with Crippen LogP contribution in [0.2, 0.25) is 0 Å². The van der Waals surface area contributed by atoms with Crippen LogP contribution in [0.25, 0.3) is 41.5 Å². The van der Waals surface area contributed by atoms with Crippen LogP contribution in [0.1, 0.15) is 73.7 Å². The van der Waals surface area contributed by atoms with Crippen molar-refractivity contribution in [3.8, 4) is 11.5 Å². The smallest absolute Gasteiger partial charge is 0.126 e. The van der Waals surface area contributed by atoms with Gasteiger partial charge in [0.05, 0.1) is 14.2 Å². The number of rotatable bonds is 11. The van der Waals surface area contributed by atoms with Crippen LogP contribution in [0.3, 0.4) is 0 Å². The van der Waals surface area contributed by atoms with Crippen molar-refractivity contribution < 1.29 is 9.47 Å². The van der Waals surface area contributed by atoms with Gasteiger partial charge in [-0.25, -0.2) is 0 Å². The lowest BCUT2D eigenvalue weighted by Gasteiger charge is -2.13. The Labute approximate surface area is 309 Å². The molecule has 0 bridgehead atoms. The fraction of sp³-hybridized carbons (Fsp3) is 0.120.